The van der Waals surface area contributed by atoms with Crippen molar-refractivity contribution in [1.29, 1.82) is 0 Å². The summed E-state index contributed by atoms with van der Waals surface area (Å²) in [4.78, 5) is 2.40. The number of aromatic nitrogens is 1. The SMILES string of the molecule is c1ccc(-c2ccc(-c3ccc(N(c4ccc(-c5ccc(-c6ccccc6)cc5)cc4)c4ccccc4-c4cccc(-c5cccc6c5c5ccccc5n6-c5cccc6c5oc5ccccc56)c4)cc3)cc2)cc1. The van der Waals surface area contributed by atoms with Gasteiger partial charge in [0.15, 0.2) is 5.58 Å². The molecule has 0 spiro atoms. The Morgan fingerprint density at radius 1 is 0.280 bits per heavy atom. The van der Waals surface area contributed by atoms with E-state index in [4.69, 9.17) is 4.42 Å². The van der Waals surface area contributed by atoms with E-state index in [0.29, 0.717) is 0 Å². The molecule has 14 rings (SSSR count). The minimum Gasteiger partial charge on any atom is -0.454 e. The van der Waals surface area contributed by atoms with Crippen molar-refractivity contribution in [2.24, 2.45) is 0 Å². The zero-order valence-corrected chi connectivity index (χ0v) is 41.0. The number of anilines is 3. The van der Waals surface area contributed by atoms with Crippen LogP contribution in [0.15, 0.2) is 296 Å². The summed E-state index contributed by atoms with van der Waals surface area (Å²) in [5.74, 6) is 0. The molecule has 2 aromatic heterocycles. The van der Waals surface area contributed by atoms with Crippen LogP contribution in [0, 0.1) is 0 Å². The lowest BCUT2D eigenvalue weighted by atomic mass is 9.94. The van der Waals surface area contributed by atoms with Gasteiger partial charge in [-0.05, 0) is 122 Å². The summed E-state index contributed by atoms with van der Waals surface area (Å²) in [6, 6.07) is 105. The van der Waals surface area contributed by atoms with Gasteiger partial charge in [-0.25, -0.2) is 0 Å². The van der Waals surface area contributed by atoms with Crippen molar-refractivity contribution in [2.45, 2.75) is 0 Å². The van der Waals surface area contributed by atoms with E-state index in [9.17, 15) is 0 Å². The van der Waals surface area contributed by atoms with Crippen LogP contribution in [-0.2, 0) is 0 Å². The zero-order valence-electron chi connectivity index (χ0n) is 41.0. The molecule has 0 saturated heterocycles. The maximum Gasteiger partial charge on any atom is 0.159 e. The second-order valence-corrected chi connectivity index (χ2v) is 19.2. The molecule has 3 heteroatoms. The third kappa shape index (κ3) is 7.86. The molecule has 0 aliphatic heterocycles. The van der Waals surface area contributed by atoms with Gasteiger partial charge in [0.2, 0.25) is 0 Å². The second kappa shape index (κ2) is 18.6. The van der Waals surface area contributed by atoms with Crippen LogP contribution in [0.25, 0.3) is 116 Å². The standard InChI is InChI=1S/C72H48N2O/c1-3-16-49(17-4-1)51-32-36-53(37-33-51)55-40-44-59(45-41-55)73(60-46-42-56(43-47-60)54-38-34-52(35-39-54)50-18-5-2-6-19-50)66-27-10-7-22-61(66)57-20-13-21-58(48-57)62-25-14-29-68-71(62)65-24-8-11-28-67(65)74(68)69-30-15-26-64-63-23-9-12-31-70(63)75-72(64)69/h1-48H. The molecule has 14 aromatic rings. The highest BCUT2D eigenvalue weighted by molar-refractivity contribution is 6.17. The topological polar surface area (TPSA) is 21.3 Å². The Labute approximate surface area is 436 Å². The molecule has 3 nitrogen and oxygen atoms in total. The van der Waals surface area contributed by atoms with Crippen molar-refractivity contribution >= 4 is 60.8 Å². The quantitative estimate of drug-likeness (QED) is 0.136. The van der Waals surface area contributed by atoms with Gasteiger partial charge in [-0.15, -0.1) is 0 Å². The lowest BCUT2D eigenvalue weighted by molar-refractivity contribution is 0.666. The summed E-state index contributed by atoms with van der Waals surface area (Å²) in [7, 11) is 0. The number of rotatable bonds is 10. The van der Waals surface area contributed by atoms with E-state index in [0.717, 1.165) is 72.4 Å². The lowest BCUT2D eigenvalue weighted by Crippen LogP contribution is -2.11. The van der Waals surface area contributed by atoms with Crippen LogP contribution in [0.2, 0.25) is 0 Å². The van der Waals surface area contributed by atoms with Gasteiger partial charge in [0.1, 0.15) is 5.58 Å². The Kier molecular flexibility index (Phi) is 10.8. The number of benzene rings is 12. The molecule has 352 valence electrons. The molecule has 0 radical (unpaired) electrons. The summed E-state index contributed by atoms with van der Waals surface area (Å²) in [5, 5.41) is 4.63. The van der Waals surface area contributed by atoms with Crippen LogP contribution >= 0.6 is 0 Å². The predicted octanol–water partition coefficient (Wildman–Crippen LogP) is 20.2. The van der Waals surface area contributed by atoms with E-state index < -0.39 is 0 Å². The van der Waals surface area contributed by atoms with E-state index in [1.165, 1.54) is 60.8 Å². The van der Waals surface area contributed by atoms with Crippen LogP contribution in [0.3, 0.4) is 0 Å². The molecule has 0 aliphatic carbocycles. The Balaban J connectivity index is 0.869. The summed E-state index contributed by atoms with van der Waals surface area (Å²) in [6.07, 6.45) is 0. The van der Waals surface area contributed by atoms with Gasteiger partial charge in [-0.1, -0.05) is 231 Å². The molecule has 12 aromatic carbocycles. The van der Waals surface area contributed by atoms with Crippen molar-refractivity contribution in [2.75, 3.05) is 4.90 Å². The fourth-order valence-corrected chi connectivity index (χ4v) is 11.2. The molecule has 0 amide bonds. The minimum absolute atomic E-state index is 0.883. The van der Waals surface area contributed by atoms with Crippen LogP contribution in [0.1, 0.15) is 0 Å². The first-order valence-electron chi connectivity index (χ1n) is 25.6. The van der Waals surface area contributed by atoms with Gasteiger partial charge < -0.3 is 13.9 Å². The summed E-state index contributed by atoms with van der Waals surface area (Å²) < 4.78 is 9.02. The highest BCUT2D eigenvalue weighted by Crippen LogP contribution is 2.45. The maximum atomic E-state index is 6.64. The first kappa shape index (κ1) is 43.8. The summed E-state index contributed by atoms with van der Waals surface area (Å²) in [5.41, 5.74) is 22.4. The molecular weight excluding hydrogens is 909 g/mol. The fourth-order valence-electron chi connectivity index (χ4n) is 11.2. The first-order valence-corrected chi connectivity index (χ1v) is 25.6. The van der Waals surface area contributed by atoms with E-state index >= 15 is 0 Å². The molecule has 0 bridgehead atoms. The summed E-state index contributed by atoms with van der Waals surface area (Å²) in [6.45, 7) is 0. The Bertz CT molecular complexity index is 4230. The Hall–Kier alpha value is -9.96. The Morgan fingerprint density at radius 3 is 1.31 bits per heavy atom. The fraction of sp³-hybridized carbons (Fsp3) is 0. The van der Waals surface area contributed by atoms with E-state index in [1.54, 1.807) is 0 Å². The molecule has 0 unspecified atom stereocenters. The maximum absolute atomic E-state index is 6.64. The molecule has 2 heterocycles. The average Bonchev–Trinajstić information content (AvgIpc) is 4.05. The van der Waals surface area contributed by atoms with Crippen molar-refractivity contribution < 1.29 is 4.42 Å². The van der Waals surface area contributed by atoms with E-state index in [1.807, 2.05) is 6.07 Å². The van der Waals surface area contributed by atoms with Gasteiger partial charge in [-0.2, -0.15) is 0 Å². The molecule has 0 saturated carbocycles. The number of hydrogen-bond acceptors (Lipinski definition) is 2. The third-order valence-electron chi connectivity index (χ3n) is 14.9. The third-order valence-corrected chi connectivity index (χ3v) is 14.9. The molecular formula is C72H48N2O. The second-order valence-electron chi connectivity index (χ2n) is 19.2. The van der Waals surface area contributed by atoms with Gasteiger partial charge >= 0.3 is 0 Å². The normalized spacial score (nSPS) is 11.5. The number of hydrogen-bond donors (Lipinski definition) is 0. The number of furan rings is 1. The van der Waals surface area contributed by atoms with Gasteiger partial charge in [0.05, 0.1) is 22.4 Å². The number of nitrogens with zero attached hydrogens (tertiary/aromatic N) is 2. The largest absolute Gasteiger partial charge is 0.454 e. The van der Waals surface area contributed by atoms with Crippen LogP contribution in [-0.4, -0.2) is 4.57 Å². The van der Waals surface area contributed by atoms with Gasteiger partial charge in [0, 0.05) is 38.5 Å². The molecule has 75 heavy (non-hydrogen) atoms. The molecule has 0 N–H and O–H groups in total. The van der Waals surface area contributed by atoms with Crippen LogP contribution in [0.5, 0.6) is 0 Å². The van der Waals surface area contributed by atoms with Crippen molar-refractivity contribution in [3.8, 4) is 72.4 Å². The van der Waals surface area contributed by atoms with Crippen LogP contribution < -0.4 is 4.90 Å². The molecule has 0 atom stereocenters. The van der Waals surface area contributed by atoms with Crippen molar-refractivity contribution in [1.82, 2.24) is 4.57 Å². The Morgan fingerprint density at radius 2 is 0.693 bits per heavy atom. The zero-order chi connectivity index (χ0) is 49.7. The smallest absolute Gasteiger partial charge is 0.159 e. The minimum atomic E-state index is 0.883. The van der Waals surface area contributed by atoms with E-state index in [2.05, 4.69) is 295 Å². The monoisotopic (exact) mass is 956 g/mol. The first-order chi connectivity index (χ1) is 37.2. The molecule has 0 fully saturated rings. The van der Waals surface area contributed by atoms with Gasteiger partial charge in [-0.3, -0.25) is 0 Å². The molecule has 0 aliphatic rings. The summed E-state index contributed by atoms with van der Waals surface area (Å²) >= 11 is 0. The van der Waals surface area contributed by atoms with Crippen LogP contribution in [0.4, 0.5) is 17.1 Å². The lowest BCUT2D eigenvalue weighted by Gasteiger charge is -2.28. The highest BCUT2D eigenvalue weighted by Gasteiger charge is 2.22. The highest BCUT2D eigenvalue weighted by atomic mass is 16.3. The van der Waals surface area contributed by atoms with Crippen molar-refractivity contribution in [3.05, 3.63) is 291 Å². The predicted molar refractivity (Wildman–Crippen MR) is 315 cm³/mol. The average molecular weight is 957 g/mol. The van der Waals surface area contributed by atoms with Gasteiger partial charge in [0.25, 0.3) is 0 Å². The number of para-hydroxylation sites is 4. The van der Waals surface area contributed by atoms with Crippen molar-refractivity contribution in [3.63, 3.8) is 0 Å². The van der Waals surface area contributed by atoms with E-state index in [-0.39, 0.29) is 0 Å². The number of fused-ring (bicyclic) bond motifs is 6.